The molecule has 0 radical (unpaired) electrons. The summed E-state index contributed by atoms with van der Waals surface area (Å²) in [5.41, 5.74) is 5.93. The number of hydrogen-bond acceptors (Lipinski definition) is 14. The number of carbonyl (C=O) groups excluding carboxylic acids is 3. The van der Waals surface area contributed by atoms with Gasteiger partial charge in [-0.1, -0.05) is 170 Å². The Kier molecular flexibility index (Phi) is 71.4. The highest BCUT2D eigenvalue weighted by atomic mass is 19.2. The first kappa shape index (κ1) is 131. The van der Waals surface area contributed by atoms with Crippen molar-refractivity contribution in [1.82, 2.24) is 0 Å². The topological polar surface area (TPSA) is 170 Å². The Labute approximate surface area is 858 Å². The van der Waals surface area contributed by atoms with E-state index >= 15 is 0 Å². The van der Waals surface area contributed by atoms with Gasteiger partial charge in [-0.3, -0.25) is 14.4 Å². The fourth-order valence-corrected chi connectivity index (χ4v) is 11.1. The number of benzene rings is 12. The summed E-state index contributed by atoms with van der Waals surface area (Å²) in [5, 5.41) is 15.8. The summed E-state index contributed by atoms with van der Waals surface area (Å²) in [7, 11) is 1.51. The highest BCUT2D eigenvalue weighted by Crippen LogP contribution is 2.22. The first-order valence-corrected chi connectivity index (χ1v) is 49.1. The number of Topliss-reactive ketones (excluding diaryl/α,β-unsaturated/α-hetero) is 3. The number of ether oxygens (including phenoxy) is 7. The van der Waals surface area contributed by atoms with E-state index < -0.39 is 0 Å². The summed E-state index contributed by atoms with van der Waals surface area (Å²) in [6.45, 7) is 40.9. The molecule has 0 aliphatic carbocycles. The number of ketones is 3. The third-order valence-corrected chi connectivity index (χ3v) is 19.1. The molecule has 0 aromatic heterocycles. The number of nitrogens with zero attached hydrogens (tertiary/aromatic N) is 2. The van der Waals surface area contributed by atoms with Gasteiger partial charge in [0.1, 0.15) is 111 Å². The lowest BCUT2D eigenvalue weighted by atomic mass is 9.97. The van der Waals surface area contributed by atoms with Crippen LogP contribution in [0.4, 0.5) is 52.7 Å². The summed E-state index contributed by atoms with van der Waals surface area (Å²) in [4.78, 5) is 39.0. The Balaban J connectivity index is 0.000000797. The maximum Gasteiger partial charge on any atom is 0.165 e. The van der Waals surface area contributed by atoms with Gasteiger partial charge in [0.25, 0.3) is 0 Å². The van der Waals surface area contributed by atoms with Crippen molar-refractivity contribution in [3.63, 3.8) is 0 Å². The molecule has 0 fully saturated rings. The molecule has 0 saturated carbocycles. The van der Waals surface area contributed by atoms with Crippen LogP contribution in [0.2, 0.25) is 0 Å². The van der Waals surface area contributed by atoms with Gasteiger partial charge < -0.3 is 43.2 Å². The monoisotopic (exact) mass is 2040 g/mol. The van der Waals surface area contributed by atoms with E-state index in [0.717, 1.165) is 108 Å². The summed E-state index contributed by atoms with van der Waals surface area (Å²) in [5.74, 6) is 3.46. The minimum absolute atomic E-state index is 0.0189. The van der Waals surface area contributed by atoms with Crippen LogP contribution in [0.5, 0.6) is 34.5 Å². The lowest BCUT2D eigenvalue weighted by Gasteiger charge is -2.11. The van der Waals surface area contributed by atoms with Crippen LogP contribution < -0.4 is 28.4 Å². The van der Waals surface area contributed by atoms with Crippen molar-refractivity contribution < 1.29 is 110 Å². The number of carbonyl (C=O) groups is 3. The second-order valence-corrected chi connectivity index (χ2v) is 34.3. The third kappa shape index (κ3) is 65.0. The maximum absolute atomic E-state index is 12.7. The van der Waals surface area contributed by atoms with Crippen molar-refractivity contribution in [2.24, 2.45) is 39.9 Å². The molecule has 794 valence electrons. The average molecular weight is 2040 g/mol. The SMILES string of the molecule is CC(C)CC(=O)c1ccc(F)cc1.CC(C)COc1ccc(F)cc1.CC(C)COc1ccc(F)cc1.CC(C)COc1ccc(F)cc1.CCC(C)C(=O)c1ccc(F)cc1.CCC(C)Oc1ccc(F)cc1.CCC/C(=N/O)c1ccc(F)cc1.CCC/C(=N/OC)c1ccc(F)cc1.CCCC(=O)c1ccc(F)cc1.CCCOc1ccc(F)cc1.CCCOc1ccc(F)cc1.CCOCc1ccc(F)cc1. The van der Waals surface area contributed by atoms with E-state index in [4.69, 9.17) is 43.2 Å². The normalized spacial score (nSPS) is 10.8. The number of halogens is 12. The van der Waals surface area contributed by atoms with Crippen LogP contribution in [0.1, 0.15) is 243 Å². The van der Waals surface area contributed by atoms with Gasteiger partial charge in [-0.15, -0.1) is 0 Å². The molecule has 0 aliphatic rings. The van der Waals surface area contributed by atoms with Crippen LogP contribution in [0.25, 0.3) is 0 Å². The molecule has 12 aromatic carbocycles. The number of hydrogen-bond donors (Lipinski definition) is 1. The summed E-state index contributed by atoms with van der Waals surface area (Å²) in [6, 6.07) is 72.0. The molecule has 0 saturated heterocycles. The molecular formula is C120H148F12N2O12. The van der Waals surface area contributed by atoms with E-state index in [1.807, 2.05) is 76.2 Å². The van der Waals surface area contributed by atoms with Gasteiger partial charge in [-0.2, -0.15) is 0 Å². The van der Waals surface area contributed by atoms with Crippen LogP contribution in [0.3, 0.4) is 0 Å². The minimum Gasteiger partial charge on any atom is -0.494 e. The van der Waals surface area contributed by atoms with Crippen molar-refractivity contribution in [3.8, 4) is 34.5 Å². The van der Waals surface area contributed by atoms with Gasteiger partial charge in [0.15, 0.2) is 17.3 Å². The zero-order valence-corrected chi connectivity index (χ0v) is 87.8. The van der Waals surface area contributed by atoms with E-state index in [1.54, 1.807) is 109 Å². The fourth-order valence-electron chi connectivity index (χ4n) is 11.1. The van der Waals surface area contributed by atoms with Crippen molar-refractivity contribution in [2.75, 3.05) is 46.8 Å². The molecule has 2 atom stereocenters. The van der Waals surface area contributed by atoms with Crippen molar-refractivity contribution in [3.05, 3.63) is 394 Å². The van der Waals surface area contributed by atoms with E-state index in [0.29, 0.717) is 112 Å². The Bertz CT molecular complexity index is 5150. The second kappa shape index (κ2) is 79.8. The quantitative estimate of drug-likeness (QED) is 0.0129. The summed E-state index contributed by atoms with van der Waals surface area (Å²) < 4.78 is 187. The van der Waals surface area contributed by atoms with E-state index in [-0.39, 0.29) is 99.2 Å². The molecule has 12 rings (SSSR count). The molecule has 0 amide bonds. The Morgan fingerprint density at radius 1 is 0.288 bits per heavy atom. The molecule has 0 spiro atoms. The molecule has 2 unspecified atom stereocenters. The largest absolute Gasteiger partial charge is 0.494 e. The minimum atomic E-state index is -0.305. The van der Waals surface area contributed by atoms with Crippen molar-refractivity contribution >= 4 is 28.8 Å². The molecule has 0 bridgehead atoms. The molecule has 12 aromatic rings. The van der Waals surface area contributed by atoms with Crippen LogP contribution in [0, 0.1) is 99.4 Å². The molecule has 0 heterocycles. The van der Waals surface area contributed by atoms with Crippen LogP contribution in [-0.4, -0.2) is 86.8 Å². The zero-order valence-electron chi connectivity index (χ0n) is 87.8. The maximum atomic E-state index is 12.7. The smallest absolute Gasteiger partial charge is 0.165 e. The third-order valence-electron chi connectivity index (χ3n) is 19.1. The van der Waals surface area contributed by atoms with Gasteiger partial charge in [0.2, 0.25) is 0 Å². The second-order valence-electron chi connectivity index (χ2n) is 34.3. The summed E-state index contributed by atoms with van der Waals surface area (Å²) in [6.07, 6.45) is 9.20. The van der Waals surface area contributed by atoms with Gasteiger partial charge in [-0.25, -0.2) is 52.7 Å². The molecule has 26 heteroatoms. The van der Waals surface area contributed by atoms with Crippen molar-refractivity contribution in [1.29, 1.82) is 0 Å². The van der Waals surface area contributed by atoms with Crippen molar-refractivity contribution in [2.45, 2.75) is 208 Å². The first-order chi connectivity index (χ1) is 69.8. The lowest BCUT2D eigenvalue weighted by Crippen LogP contribution is -2.09. The Hall–Kier alpha value is -13.5. The molecule has 0 aliphatic heterocycles. The van der Waals surface area contributed by atoms with Gasteiger partial charge in [-0.05, 0) is 354 Å². The van der Waals surface area contributed by atoms with E-state index in [9.17, 15) is 67.1 Å². The molecule has 14 nitrogen and oxygen atoms in total. The molecule has 1 N–H and O–H groups in total. The molecular weight excluding hydrogens is 1890 g/mol. The lowest BCUT2D eigenvalue weighted by molar-refractivity contribution is 0.0925. The van der Waals surface area contributed by atoms with Crippen LogP contribution in [-0.2, 0) is 16.2 Å². The predicted molar refractivity (Wildman–Crippen MR) is 564 cm³/mol. The highest BCUT2D eigenvalue weighted by Gasteiger charge is 2.14. The highest BCUT2D eigenvalue weighted by molar-refractivity contribution is 6.01. The predicted octanol–water partition coefficient (Wildman–Crippen LogP) is 33.9. The summed E-state index contributed by atoms with van der Waals surface area (Å²) >= 11 is 0. The fraction of sp³-hybridized carbons (Fsp3) is 0.358. The Morgan fingerprint density at radius 3 is 0.808 bits per heavy atom. The first-order valence-electron chi connectivity index (χ1n) is 49.1. The van der Waals surface area contributed by atoms with Crippen LogP contribution >= 0.6 is 0 Å². The number of rotatable bonds is 37. The van der Waals surface area contributed by atoms with E-state index in [1.165, 1.54) is 189 Å². The Morgan fingerprint density at radius 2 is 0.548 bits per heavy atom. The standard InChI is InChI=1S/C11H14FNO.2C11H13FO.C10H12FNO.4C10H13FO.C10H11FO.3C9H11FO/c1-3-4-11(13-14-2)9-5-7-10(12)8-6-9;1-8(2)7-11(13)9-3-5-10(12)6-4-9;1-3-8(2)11(13)9-4-6-10(12)7-5-9;1-2-3-10(12-13)8-4-6-9(11)7-5-8;3*1-8(2)7-12-10-5-3-9(11)4-6-10;1-3-8(2)12-10-6-4-9(11)5-7-10;1-2-3-10(12)8-4-6-9(11)7-5-8;1-2-11-7-8-3-5-9(10)6-4-8;2*1-2-7-11-9-5-3-8(10)4-6-9/h5-8H,3-4H2,1-2H3;3-6,8H,7H2,1-2H3;4-8H,3H2,1-2H3;4-7,13H,2-3H2,1H3;3*3-6,8H,7H2,1-2H3;4-8H,3H2,1-2H3;4-7H,2-3H2,1H3;3*3-6H,2,7H2,1H3/b13-11-;;;12-10-;;;;;;;;. The zero-order chi connectivity index (χ0) is 109. The van der Waals surface area contributed by atoms with Gasteiger partial charge in [0, 0.05) is 42.1 Å². The van der Waals surface area contributed by atoms with E-state index in [2.05, 4.69) is 58.8 Å². The van der Waals surface area contributed by atoms with Gasteiger partial charge in [0.05, 0.1) is 57.2 Å². The van der Waals surface area contributed by atoms with Gasteiger partial charge >= 0.3 is 0 Å². The number of oxime groups is 2. The average Bonchev–Trinajstić information content (AvgIpc) is 0.777. The van der Waals surface area contributed by atoms with Crippen LogP contribution in [0.15, 0.2) is 301 Å². The molecule has 146 heavy (non-hydrogen) atoms.